The van der Waals surface area contributed by atoms with Crippen molar-refractivity contribution in [1.29, 1.82) is 0 Å². The quantitative estimate of drug-likeness (QED) is 0.846. The molecule has 4 nitrogen and oxygen atoms in total. The first-order valence-corrected chi connectivity index (χ1v) is 7.25. The van der Waals surface area contributed by atoms with Crippen LogP contribution in [0.25, 0.3) is 0 Å². The van der Waals surface area contributed by atoms with Crippen molar-refractivity contribution >= 4 is 11.6 Å². The van der Waals surface area contributed by atoms with Gasteiger partial charge in [-0.25, -0.2) is 0 Å². The molecule has 1 aliphatic rings. The van der Waals surface area contributed by atoms with E-state index in [2.05, 4.69) is 5.32 Å². The summed E-state index contributed by atoms with van der Waals surface area (Å²) in [5, 5.41) is 2.63. The van der Waals surface area contributed by atoms with E-state index in [9.17, 15) is 18.0 Å². The third-order valence-corrected chi connectivity index (χ3v) is 3.41. The Morgan fingerprint density at radius 1 is 1.21 bits per heavy atom. The normalized spacial score (nSPS) is 16.5. The maximum Gasteiger partial charge on any atom is 0.416 e. The molecule has 7 heteroatoms. The number of benzene rings is 2. The minimum atomic E-state index is -4.51. The smallest absolute Gasteiger partial charge is 0.416 e. The molecule has 0 aliphatic carbocycles. The van der Waals surface area contributed by atoms with Gasteiger partial charge in [0.15, 0.2) is 0 Å². The molecule has 1 aliphatic heterocycles. The van der Waals surface area contributed by atoms with Gasteiger partial charge in [-0.05, 0) is 30.3 Å². The maximum atomic E-state index is 12.9. The number of ether oxygens (including phenoxy) is 2. The van der Waals surface area contributed by atoms with Crippen molar-refractivity contribution in [3.8, 4) is 5.75 Å². The molecule has 0 aromatic heterocycles. The minimum Gasteiger partial charge on any atom is -0.490 e. The molecule has 0 spiro atoms. The topological polar surface area (TPSA) is 50.9 Å². The molecule has 1 atom stereocenters. The van der Waals surface area contributed by atoms with Gasteiger partial charge < -0.3 is 14.8 Å². The molecule has 126 valence electrons. The van der Waals surface area contributed by atoms with Gasteiger partial charge in [-0.15, -0.1) is 0 Å². The summed E-state index contributed by atoms with van der Waals surface area (Å²) >= 11 is 0. The highest BCUT2D eigenvalue weighted by Gasteiger charge is 2.32. The summed E-state index contributed by atoms with van der Waals surface area (Å²) in [6, 6.07) is 11.4. The first-order chi connectivity index (χ1) is 11.4. The Morgan fingerprint density at radius 2 is 1.92 bits per heavy atom. The highest BCUT2D eigenvalue weighted by molar-refractivity contribution is 6.06. The van der Waals surface area contributed by atoms with E-state index >= 15 is 0 Å². The fourth-order valence-corrected chi connectivity index (χ4v) is 2.07. The van der Waals surface area contributed by atoms with Crippen molar-refractivity contribution in [2.75, 3.05) is 18.5 Å². The summed E-state index contributed by atoms with van der Waals surface area (Å²) in [6.45, 7) is 0.609. The lowest BCUT2D eigenvalue weighted by Crippen LogP contribution is -2.16. The number of carbonyl (C=O) groups is 1. The number of anilines is 1. The van der Waals surface area contributed by atoms with Gasteiger partial charge in [0.05, 0.1) is 17.7 Å². The Hall–Kier alpha value is -2.54. The molecule has 0 bridgehead atoms. The van der Waals surface area contributed by atoms with Crippen LogP contribution in [0, 0.1) is 0 Å². The Bertz CT molecular complexity index is 728. The first-order valence-electron chi connectivity index (χ1n) is 7.25. The Kier molecular flexibility index (Phi) is 4.44. The van der Waals surface area contributed by atoms with Crippen molar-refractivity contribution in [3.63, 3.8) is 0 Å². The number of carbonyl (C=O) groups excluding carboxylic acids is 1. The highest BCUT2D eigenvalue weighted by atomic mass is 19.4. The number of halogens is 3. The van der Waals surface area contributed by atoms with Crippen LogP contribution < -0.4 is 10.1 Å². The average molecular weight is 337 g/mol. The van der Waals surface area contributed by atoms with Gasteiger partial charge in [-0.1, -0.05) is 18.2 Å². The number of epoxide rings is 1. The highest BCUT2D eigenvalue weighted by Crippen LogP contribution is 2.33. The van der Waals surface area contributed by atoms with E-state index in [1.54, 1.807) is 30.3 Å². The van der Waals surface area contributed by atoms with Crippen LogP contribution in [0.15, 0.2) is 48.5 Å². The van der Waals surface area contributed by atoms with Crippen molar-refractivity contribution in [2.24, 2.45) is 0 Å². The third kappa shape index (κ3) is 4.05. The summed E-state index contributed by atoms with van der Waals surface area (Å²) in [7, 11) is 0. The lowest BCUT2D eigenvalue weighted by atomic mass is 10.1. The van der Waals surface area contributed by atoms with E-state index in [-0.39, 0.29) is 24.0 Å². The third-order valence-electron chi connectivity index (χ3n) is 3.41. The summed E-state index contributed by atoms with van der Waals surface area (Å²) in [5.41, 5.74) is -0.295. The van der Waals surface area contributed by atoms with Gasteiger partial charge in [0, 0.05) is 5.69 Å². The van der Waals surface area contributed by atoms with Crippen LogP contribution in [0.1, 0.15) is 15.9 Å². The number of amides is 1. The Labute approximate surface area is 136 Å². The maximum absolute atomic E-state index is 12.9. The predicted molar refractivity (Wildman–Crippen MR) is 81.1 cm³/mol. The molecule has 1 heterocycles. The van der Waals surface area contributed by atoms with Gasteiger partial charge in [0.2, 0.25) is 0 Å². The molecular weight excluding hydrogens is 323 g/mol. The molecule has 0 radical (unpaired) electrons. The monoisotopic (exact) mass is 337 g/mol. The zero-order valence-corrected chi connectivity index (χ0v) is 12.5. The number of rotatable bonds is 5. The molecule has 3 rings (SSSR count). The average Bonchev–Trinajstić information content (AvgIpc) is 3.37. The second-order valence-corrected chi connectivity index (χ2v) is 5.30. The Balaban J connectivity index is 1.85. The molecule has 24 heavy (non-hydrogen) atoms. The van der Waals surface area contributed by atoms with Gasteiger partial charge in [-0.3, -0.25) is 4.79 Å². The zero-order chi connectivity index (χ0) is 17.2. The van der Waals surface area contributed by atoms with Gasteiger partial charge >= 0.3 is 6.18 Å². The minimum absolute atomic E-state index is 0.0347. The first kappa shape index (κ1) is 16.3. The van der Waals surface area contributed by atoms with Crippen molar-refractivity contribution in [1.82, 2.24) is 0 Å². The summed E-state index contributed by atoms with van der Waals surface area (Å²) < 4.78 is 49.0. The number of para-hydroxylation sites is 1. The largest absolute Gasteiger partial charge is 0.490 e. The summed E-state index contributed by atoms with van der Waals surface area (Å²) in [4.78, 5) is 12.4. The van der Waals surface area contributed by atoms with E-state index in [4.69, 9.17) is 9.47 Å². The predicted octanol–water partition coefficient (Wildman–Crippen LogP) is 3.74. The van der Waals surface area contributed by atoms with Gasteiger partial charge in [0.1, 0.15) is 18.5 Å². The molecule has 1 unspecified atom stereocenters. The lowest BCUT2D eigenvalue weighted by Gasteiger charge is -2.14. The van der Waals surface area contributed by atoms with Crippen LogP contribution in [-0.4, -0.2) is 25.2 Å². The SMILES string of the molecule is O=C(Nc1ccccc1)c1ccc(C(F)(F)F)cc1OCC1CO1. The van der Waals surface area contributed by atoms with Gasteiger partial charge in [-0.2, -0.15) is 13.2 Å². The number of nitrogens with one attached hydrogen (secondary N) is 1. The van der Waals surface area contributed by atoms with Crippen molar-refractivity contribution in [3.05, 3.63) is 59.7 Å². The molecular formula is C17H14F3NO3. The number of alkyl halides is 3. The van der Waals surface area contributed by atoms with E-state index in [1.165, 1.54) is 0 Å². The lowest BCUT2D eigenvalue weighted by molar-refractivity contribution is -0.137. The molecule has 1 N–H and O–H groups in total. The van der Waals surface area contributed by atoms with E-state index in [1.807, 2.05) is 0 Å². The van der Waals surface area contributed by atoms with E-state index < -0.39 is 17.6 Å². The molecule has 2 aromatic carbocycles. The van der Waals surface area contributed by atoms with E-state index in [0.717, 1.165) is 18.2 Å². The molecule has 1 saturated heterocycles. The zero-order valence-electron chi connectivity index (χ0n) is 12.5. The van der Waals surface area contributed by atoms with Crippen LogP contribution in [0.5, 0.6) is 5.75 Å². The Morgan fingerprint density at radius 3 is 2.54 bits per heavy atom. The number of hydrogen-bond donors (Lipinski definition) is 1. The van der Waals surface area contributed by atoms with Crippen LogP contribution in [0.2, 0.25) is 0 Å². The fraction of sp³-hybridized carbons (Fsp3) is 0.235. The van der Waals surface area contributed by atoms with Crippen LogP contribution in [-0.2, 0) is 10.9 Å². The molecule has 1 fully saturated rings. The summed E-state index contributed by atoms with van der Waals surface area (Å²) in [6.07, 6.45) is -4.65. The molecule has 1 amide bonds. The molecule has 0 saturated carbocycles. The van der Waals surface area contributed by atoms with Crippen molar-refractivity contribution in [2.45, 2.75) is 12.3 Å². The van der Waals surface area contributed by atoms with Crippen LogP contribution in [0.4, 0.5) is 18.9 Å². The van der Waals surface area contributed by atoms with Crippen molar-refractivity contribution < 1.29 is 27.4 Å². The van der Waals surface area contributed by atoms with Gasteiger partial charge in [0.25, 0.3) is 5.91 Å². The standard InChI is InChI=1S/C17H14F3NO3/c18-17(19,20)11-6-7-14(15(8-11)24-10-13-9-23-13)16(22)21-12-4-2-1-3-5-12/h1-8,13H,9-10H2,(H,21,22). The van der Waals surface area contributed by atoms with E-state index in [0.29, 0.717) is 12.3 Å². The summed E-state index contributed by atoms with van der Waals surface area (Å²) in [5.74, 6) is -0.657. The van der Waals surface area contributed by atoms with Crippen LogP contribution in [0.3, 0.4) is 0 Å². The fourth-order valence-electron chi connectivity index (χ4n) is 2.07. The second-order valence-electron chi connectivity index (χ2n) is 5.30. The number of hydrogen-bond acceptors (Lipinski definition) is 3. The second kappa shape index (κ2) is 6.52. The molecule has 2 aromatic rings. The van der Waals surface area contributed by atoms with Crippen LogP contribution >= 0.6 is 0 Å².